The van der Waals surface area contributed by atoms with Gasteiger partial charge in [0.2, 0.25) is 0 Å². The van der Waals surface area contributed by atoms with E-state index in [-0.39, 0.29) is 6.04 Å². The van der Waals surface area contributed by atoms with Crippen molar-refractivity contribution in [2.75, 3.05) is 0 Å². The van der Waals surface area contributed by atoms with Gasteiger partial charge in [0, 0.05) is 10.9 Å². The Morgan fingerprint density at radius 2 is 2.21 bits per heavy atom. The summed E-state index contributed by atoms with van der Waals surface area (Å²) in [4.78, 5) is 1.08. The van der Waals surface area contributed by atoms with E-state index in [1.165, 1.54) is 5.56 Å². The van der Waals surface area contributed by atoms with Gasteiger partial charge in [-0.15, -0.1) is 11.3 Å². The van der Waals surface area contributed by atoms with Crippen molar-refractivity contribution in [1.82, 2.24) is 0 Å². The third kappa shape index (κ3) is 2.17. The Kier molecular flexibility index (Phi) is 3.23. The van der Waals surface area contributed by atoms with Crippen LogP contribution in [0, 0.1) is 0 Å². The van der Waals surface area contributed by atoms with Crippen LogP contribution in [0.15, 0.2) is 28.3 Å². The first-order valence-corrected chi connectivity index (χ1v) is 6.47. The van der Waals surface area contributed by atoms with Crippen molar-refractivity contribution in [2.24, 2.45) is 5.73 Å². The molecule has 0 radical (unpaired) electrons. The second kappa shape index (κ2) is 4.45. The Bertz CT molecular complexity index is 394. The van der Waals surface area contributed by atoms with E-state index in [9.17, 15) is 0 Å². The zero-order chi connectivity index (χ0) is 9.97. The van der Waals surface area contributed by atoms with Gasteiger partial charge in [0.25, 0.3) is 0 Å². The summed E-state index contributed by atoms with van der Waals surface area (Å²) >= 11 is 9.33. The van der Waals surface area contributed by atoms with Gasteiger partial charge >= 0.3 is 0 Å². The number of rotatable bonds is 3. The van der Waals surface area contributed by atoms with E-state index in [1.807, 2.05) is 11.4 Å². The van der Waals surface area contributed by atoms with Crippen molar-refractivity contribution in [1.29, 1.82) is 0 Å². The molecule has 2 aromatic heterocycles. The summed E-state index contributed by atoms with van der Waals surface area (Å²) in [6, 6.07) is 4.03. The molecule has 0 fully saturated rings. The second-order valence-electron chi connectivity index (χ2n) is 3.08. The Labute approximate surface area is 96.1 Å². The molecule has 0 aliphatic carbocycles. The summed E-state index contributed by atoms with van der Waals surface area (Å²) in [5.74, 6) is 0. The maximum atomic E-state index is 6.06. The monoisotopic (exact) mass is 243 g/mol. The molecule has 0 aromatic carbocycles. The maximum absolute atomic E-state index is 6.06. The van der Waals surface area contributed by atoms with E-state index < -0.39 is 0 Å². The van der Waals surface area contributed by atoms with Crippen LogP contribution in [0.2, 0.25) is 5.02 Å². The van der Waals surface area contributed by atoms with Crippen LogP contribution in [-0.4, -0.2) is 0 Å². The van der Waals surface area contributed by atoms with E-state index in [2.05, 4.69) is 16.8 Å². The van der Waals surface area contributed by atoms with E-state index in [1.54, 1.807) is 22.7 Å². The molecule has 14 heavy (non-hydrogen) atoms. The summed E-state index contributed by atoms with van der Waals surface area (Å²) < 4.78 is 0. The molecule has 0 bridgehead atoms. The van der Waals surface area contributed by atoms with Gasteiger partial charge in [-0.05, 0) is 40.3 Å². The summed E-state index contributed by atoms with van der Waals surface area (Å²) in [7, 11) is 0. The Morgan fingerprint density at radius 3 is 2.79 bits per heavy atom. The molecule has 0 amide bonds. The normalized spacial score (nSPS) is 13.0. The highest BCUT2D eigenvalue weighted by atomic mass is 35.5. The van der Waals surface area contributed by atoms with E-state index >= 15 is 0 Å². The molecular weight excluding hydrogens is 234 g/mol. The number of nitrogens with two attached hydrogens (primary N) is 1. The third-order valence-electron chi connectivity index (χ3n) is 2.02. The van der Waals surface area contributed by atoms with Crippen LogP contribution < -0.4 is 5.73 Å². The van der Waals surface area contributed by atoms with Crippen LogP contribution >= 0.6 is 34.3 Å². The molecule has 74 valence electrons. The minimum Gasteiger partial charge on any atom is -0.323 e. The standard InChI is InChI=1S/C10H10ClNS2/c11-8-2-4-14-10(8)9(12)5-7-1-3-13-6-7/h1-4,6,9H,5,12H2. The molecule has 4 heteroatoms. The van der Waals surface area contributed by atoms with E-state index in [0.717, 1.165) is 16.3 Å². The topological polar surface area (TPSA) is 26.0 Å². The van der Waals surface area contributed by atoms with Gasteiger partial charge in [0.05, 0.1) is 5.02 Å². The Hall–Kier alpha value is -0.350. The average Bonchev–Trinajstić information content (AvgIpc) is 2.75. The molecular formula is C10H10ClNS2. The Morgan fingerprint density at radius 1 is 1.36 bits per heavy atom. The van der Waals surface area contributed by atoms with Crippen LogP contribution in [-0.2, 0) is 6.42 Å². The molecule has 0 saturated carbocycles. The number of hydrogen-bond acceptors (Lipinski definition) is 3. The first-order chi connectivity index (χ1) is 6.77. The molecule has 0 aliphatic rings. The highest BCUT2D eigenvalue weighted by Crippen LogP contribution is 2.29. The predicted molar refractivity (Wildman–Crippen MR) is 64.3 cm³/mol. The fourth-order valence-corrected chi connectivity index (χ4v) is 3.21. The lowest BCUT2D eigenvalue weighted by atomic mass is 10.1. The molecule has 2 heterocycles. The van der Waals surface area contributed by atoms with E-state index in [4.69, 9.17) is 17.3 Å². The maximum Gasteiger partial charge on any atom is 0.0561 e. The Balaban J connectivity index is 2.10. The van der Waals surface area contributed by atoms with Gasteiger partial charge < -0.3 is 5.73 Å². The highest BCUT2D eigenvalue weighted by molar-refractivity contribution is 7.10. The molecule has 1 nitrogen and oxygen atoms in total. The van der Waals surface area contributed by atoms with Gasteiger partial charge in [0.1, 0.15) is 0 Å². The van der Waals surface area contributed by atoms with Crippen molar-refractivity contribution < 1.29 is 0 Å². The molecule has 2 rings (SSSR count). The lowest BCUT2D eigenvalue weighted by Crippen LogP contribution is -2.11. The predicted octanol–water partition coefficient (Wildman–Crippen LogP) is 3.71. The van der Waals surface area contributed by atoms with E-state index in [0.29, 0.717) is 0 Å². The number of hydrogen-bond donors (Lipinski definition) is 1. The number of thiophene rings is 2. The quantitative estimate of drug-likeness (QED) is 0.874. The lowest BCUT2D eigenvalue weighted by Gasteiger charge is -2.08. The molecule has 1 atom stereocenters. The summed E-state index contributed by atoms with van der Waals surface area (Å²) in [6.07, 6.45) is 0.865. The van der Waals surface area contributed by atoms with Crippen molar-refractivity contribution >= 4 is 34.3 Å². The average molecular weight is 244 g/mol. The van der Waals surface area contributed by atoms with Gasteiger partial charge in [-0.2, -0.15) is 11.3 Å². The zero-order valence-corrected chi connectivity index (χ0v) is 9.83. The van der Waals surface area contributed by atoms with Crippen LogP contribution in [0.25, 0.3) is 0 Å². The summed E-state index contributed by atoms with van der Waals surface area (Å²) in [6.45, 7) is 0. The smallest absolute Gasteiger partial charge is 0.0561 e. The van der Waals surface area contributed by atoms with Crippen molar-refractivity contribution in [2.45, 2.75) is 12.5 Å². The third-order valence-corrected chi connectivity index (χ3v) is 4.24. The van der Waals surface area contributed by atoms with Gasteiger partial charge in [-0.25, -0.2) is 0 Å². The molecule has 0 spiro atoms. The van der Waals surface area contributed by atoms with Gasteiger partial charge in [-0.1, -0.05) is 11.6 Å². The van der Waals surface area contributed by atoms with Crippen LogP contribution in [0.1, 0.15) is 16.5 Å². The first kappa shape index (κ1) is 10.2. The fourth-order valence-electron chi connectivity index (χ4n) is 1.33. The summed E-state index contributed by atoms with van der Waals surface area (Å²) in [5.41, 5.74) is 7.35. The van der Waals surface area contributed by atoms with Crippen molar-refractivity contribution in [3.63, 3.8) is 0 Å². The van der Waals surface area contributed by atoms with Crippen LogP contribution in [0.4, 0.5) is 0 Å². The minimum absolute atomic E-state index is 0.0251. The van der Waals surface area contributed by atoms with Crippen molar-refractivity contribution in [3.8, 4) is 0 Å². The van der Waals surface area contributed by atoms with Crippen molar-refractivity contribution in [3.05, 3.63) is 43.7 Å². The largest absolute Gasteiger partial charge is 0.323 e. The zero-order valence-electron chi connectivity index (χ0n) is 7.44. The molecule has 0 aliphatic heterocycles. The lowest BCUT2D eigenvalue weighted by molar-refractivity contribution is 0.739. The molecule has 2 aromatic rings. The summed E-state index contributed by atoms with van der Waals surface area (Å²) in [5, 5.41) is 6.96. The van der Waals surface area contributed by atoms with Crippen LogP contribution in [0.3, 0.4) is 0 Å². The molecule has 1 unspecified atom stereocenters. The second-order valence-corrected chi connectivity index (χ2v) is 5.21. The molecule has 0 saturated heterocycles. The SMILES string of the molecule is NC(Cc1ccsc1)c1sccc1Cl. The first-order valence-electron chi connectivity index (χ1n) is 4.27. The van der Waals surface area contributed by atoms with Gasteiger partial charge in [0.15, 0.2) is 0 Å². The fraction of sp³-hybridized carbons (Fsp3) is 0.200. The van der Waals surface area contributed by atoms with Crippen LogP contribution in [0.5, 0.6) is 0 Å². The van der Waals surface area contributed by atoms with Gasteiger partial charge in [-0.3, -0.25) is 0 Å². The highest BCUT2D eigenvalue weighted by Gasteiger charge is 2.12. The minimum atomic E-state index is 0.0251. The number of halogens is 1. The molecule has 2 N–H and O–H groups in total.